The Balaban J connectivity index is 1.64. The van der Waals surface area contributed by atoms with E-state index in [1.165, 1.54) is 18.2 Å². The topological polar surface area (TPSA) is 88.9 Å². The third-order valence-electron chi connectivity index (χ3n) is 4.13. The molecule has 0 atom stereocenters. The number of benzene rings is 2. The van der Waals surface area contributed by atoms with Gasteiger partial charge in [-0.25, -0.2) is 8.78 Å². The monoisotopic (exact) mass is 445 g/mol. The number of thioether (sulfide) groups is 1. The summed E-state index contributed by atoms with van der Waals surface area (Å²) in [6, 6.07) is 11.2. The number of hydrazine groups is 1. The number of amides is 2. The van der Waals surface area contributed by atoms with Gasteiger partial charge in [0, 0.05) is 12.1 Å². The minimum Gasteiger partial charge on any atom is -0.302 e. The van der Waals surface area contributed by atoms with Gasteiger partial charge in [0.2, 0.25) is 5.91 Å². The van der Waals surface area contributed by atoms with Crippen LogP contribution in [0.3, 0.4) is 0 Å². The first kappa shape index (κ1) is 22.4. The Kier molecular flexibility index (Phi) is 7.35. The molecular formula is C21H21F2N5O2S. The SMILES string of the molecule is CC(C)Cn1c(SCC(=O)NNC(=O)c2ccc(F)cc2)nnc1-c1ccccc1F. The Hall–Kier alpha value is -3.27. The van der Waals surface area contributed by atoms with Crippen LogP contribution in [0, 0.1) is 17.6 Å². The minimum atomic E-state index is -0.567. The quantitative estimate of drug-likeness (QED) is 0.430. The molecule has 3 aromatic rings. The number of hydrogen-bond acceptors (Lipinski definition) is 5. The van der Waals surface area contributed by atoms with Crippen LogP contribution in [-0.4, -0.2) is 32.3 Å². The molecule has 0 aliphatic rings. The van der Waals surface area contributed by atoms with E-state index in [0.717, 1.165) is 23.9 Å². The van der Waals surface area contributed by atoms with Gasteiger partial charge in [0.1, 0.15) is 11.6 Å². The van der Waals surface area contributed by atoms with Crippen molar-refractivity contribution in [2.24, 2.45) is 5.92 Å². The van der Waals surface area contributed by atoms with Crippen LogP contribution in [0.4, 0.5) is 8.78 Å². The largest absolute Gasteiger partial charge is 0.302 e. The van der Waals surface area contributed by atoms with Crippen molar-refractivity contribution < 1.29 is 18.4 Å². The Bertz CT molecular complexity index is 1070. The second-order valence-corrected chi connectivity index (χ2v) is 8.03. The Morgan fingerprint density at radius 1 is 1.03 bits per heavy atom. The van der Waals surface area contributed by atoms with Crippen molar-refractivity contribution in [3.8, 4) is 11.4 Å². The summed E-state index contributed by atoms with van der Waals surface area (Å²) in [4.78, 5) is 24.1. The average Bonchev–Trinajstić information content (AvgIpc) is 3.13. The van der Waals surface area contributed by atoms with Gasteiger partial charge in [0.05, 0.1) is 11.3 Å². The molecule has 3 rings (SSSR count). The van der Waals surface area contributed by atoms with Crippen LogP contribution in [0.15, 0.2) is 53.7 Å². The standard InChI is InChI=1S/C21H21F2N5O2S/c1-13(2)11-28-19(16-5-3-4-6-17(16)23)25-27-21(28)31-12-18(29)24-26-20(30)14-7-9-15(22)10-8-14/h3-10,13H,11-12H2,1-2H3,(H,24,29)(H,26,30). The molecule has 10 heteroatoms. The van der Waals surface area contributed by atoms with Crippen LogP contribution in [-0.2, 0) is 11.3 Å². The molecule has 2 N–H and O–H groups in total. The molecule has 2 amide bonds. The molecule has 0 unspecified atom stereocenters. The lowest BCUT2D eigenvalue weighted by Crippen LogP contribution is -2.42. The number of carbonyl (C=O) groups excluding carboxylic acids is 2. The Morgan fingerprint density at radius 2 is 1.74 bits per heavy atom. The summed E-state index contributed by atoms with van der Waals surface area (Å²) in [5, 5.41) is 8.70. The Morgan fingerprint density at radius 3 is 2.42 bits per heavy atom. The third-order valence-corrected chi connectivity index (χ3v) is 5.10. The molecule has 0 aliphatic heterocycles. The molecular weight excluding hydrogens is 424 g/mol. The van der Waals surface area contributed by atoms with Gasteiger partial charge in [-0.1, -0.05) is 37.7 Å². The second-order valence-electron chi connectivity index (χ2n) is 7.09. The van der Waals surface area contributed by atoms with E-state index in [9.17, 15) is 18.4 Å². The lowest BCUT2D eigenvalue weighted by Gasteiger charge is -2.13. The summed E-state index contributed by atoms with van der Waals surface area (Å²) in [6.45, 7) is 4.57. The van der Waals surface area contributed by atoms with Crippen molar-refractivity contribution in [3.05, 3.63) is 65.7 Å². The number of halogens is 2. The highest BCUT2D eigenvalue weighted by atomic mass is 32.2. The highest BCUT2D eigenvalue weighted by Crippen LogP contribution is 2.26. The summed E-state index contributed by atoms with van der Waals surface area (Å²) >= 11 is 1.12. The van der Waals surface area contributed by atoms with Gasteiger partial charge >= 0.3 is 0 Å². The van der Waals surface area contributed by atoms with E-state index in [-0.39, 0.29) is 17.2 Å². The van der Waals surface area contributed by atoms with Gasteiger partial charge in [0.25, 0.3) is 5.91 Å². The maximum Gasteiger partial charge on any atom is 0.269 e. The van der Waals surface area contributed by atoms with E-state index in [1.54, 1.807) is 22.8 Å². The smallest absolute Gasteiger partial charge is 0.269 e. The summed E-state index contributed by atoms with van der Waals surface area (Å²) < 4.78 is 28.9. The predicted octanol–water partition coefficient (Wildman–Crippen LogP) is 3.43. The number of aromatic nitrogens is 3. The van der Waals surface area contributed by atoms with E-state index in [4.69, 9.17) is 0 Å². The summed E-state index contributed by atoms with van der Waals surface area (Å²) in [5.41, 5.74) is 5.12. The summed E-state index contributed by atoms with van der Waals surface area (Å²) in [5.74, 6) is -1.31. The zero-order chi connectivity index (χ0) is 22.4. The van der Waals surface area contributed by atoms with Gasteiger partial charge in [-0.3, -0.25) is 20.4 Å². The van der Waals surface area contributed by atoms with Crippen LogP contribution in [0.25, 0.3) is 11.4 Å². The average molecular weight is 445 g/mol. The molecule has 0 fully saturated rings. The molecule has 0 saturated carbocycles. The molecule has 7 nitrogen and oxygen atoms in total. The molecule has 1 heterocycles. The van der Waals surface area contributed by atoms with Crippen molar-refractivity contribution in [1.82, 2.24) is 25.6 Å². The molecule has 1 aromatic heterocycles. The molecule has 162 valence electrons. The second kappa shape index (κ2) is 10.2. The summed E-state index contributed by atoms with van der Waals surface area (Å²) in [6.07, 6.45) is 0. The number of carbonyl (C=O) groups is 2. The number of nitrogens with zero attached hydrogens (tertiary/aromatic N) is 3. The van der Waals surface area contributed by atoms with Crippen molar-refractivity contribution in [2.45, 2.75) is 25.5 Å². The maximum atomic E-state index is 14.2. The molecule has 2 aromatic carbocycles. The van der Waals surface area contributed by atoms with Gasteiger partial charge in [-0.15, -0.1) is 10.2 Å². The van der Waals surface area contributed by atoms with Gasteiger partial charge in [-0.05, 0) is 42.3 Å². The van der Waals surface area contributed by atoms with Crippen LogP contribution >= 0.6 is 11.8 Å². The van der Waals surface area contributed by atoms with E-state index in [1.807, 2.05) is 13.8 Å². The minimum absolute atomic E-state index is 0.0444. The molecule has 0 radical (unpaired) electrons. The lowest BCUT2D eigenvalue weighted by atomic mass is 10.2. The van der Waals surface area contributed by atoms with Gasteiger partial charge in [-0.2, -0.15) is 0 Å². The molecule has 0 aliphatic carbocycles. The van der Waals surface area contributed by atoms with Crippen LogP contribution in [0.2, 0.25) is 0 Å². The lowest BCUT2D eigenvalue weighted by molar-refractivity contribution is -0.119. The highest BCUT2D eigenvalue weighted by molar-refractivity contribution is 7.99. The first-order chi connectivity index (χ1) is 14.8. The zero-order valence-corrected chi connectivity index (χ0v) is 17.7. The predicted molar refractivity (Wildman–Crippen MR) is 113 cm³/mol. The normalized spacial score (nSPS) is 10.9. The first-order valence-corrected chi connectivity index (χ1v) is 10.5. The van der Waals surface area contributed by atoms with Crippen LogP contribution in [0.5, 0.6) is 0 Å². The fourth-order valence-electron chi connectivity index (χ4n) is 2.73. The van der Waals surface area contributed by atoms with Crippen molar-refractivity contribution >= 4 is 23.6 Å². The fourth-order valence-corrected chi connectivity index (χ4v) is 3.48. The van der Waals surface area contributed by atoms with Gasteiger partial charge in [0.15, 0.2) is 11.0 Å². The van der Waals surface area contributed by atoms with Crippen LogP contribution in [0.1, 0.15) is 24.2 Å². The molecule has 0 saturated heterocycles. The maximum absolute atomic E-state index is 14.2. The Labute approximate surface area is 182 Å². The van der Waals surface area contributed by atoms with Crippen molar-refractivity contribution in [3.63, 3.8) is 0 Å². The summed E-state index contributed by atoms with van der Waals surface area (Å²) in [7, 11) is 0. The molecule has 0 spiro atoms. The van der Waals surface area contributed by atoms with E-state index < -0.39 is 23.4 Å². The first-order valence-electron chi connectivity index (χ1n) is 9.50. The van der Waals surface area contributed by atoms with Gasteiger partial charge < -0.3 is 4.57 Å². The number of nitrogens with one attached hydrogen (secondary N) is 2. The number of rotatable bonds is 7. The number of hydrogen-bond donors (Lipinski definition) is 2. The zero-order valence-electron chi connectivity index (χ0n) is 16.9. The third kappa shape index (κ3) is 5.88. The van der Waals surface area contributed by atoms with E-state index in [0.29, 0.717) is 23.1 Å². The van der Waals surface area contributed by atoms with E-state index in [2.05, 4.69) is 21.0 Å². The van der Waals surface area contributed by atoms with Crippen molar-refractivity contribution in [1.29, 1.82) is 0 Å². The molecule has 0 bridgehead atoms. The van der Waals surface area contributed by atoms with Crippen LogP contribution < -0.4 is 10.9 Å². The molecule has 31 heavy (non-hydrogen) atoms. The van der Waals surface area contributed by atoms with E-state index >= 15 is 0 Å². The van der Waals surface area contributed by atoms with Crippen molar-refractivity contribution in [2.75, 3.05) is 5.75 Å². The highest BCUT2D eigenvalue weighted by Gasteiger charge is 2.19. The fraction of sp³-hybridized carbons (Fsp3) is 0.238.